The molecule has 0 aromatic heterocycles. The molecule has 2 rings (SSSR count). The van der Waals surface area contributed by atoms with Crippen LogP contribution in [-0.2, 0) is 5.92 Å². The molecule has 0 aliphatic rings. The van der Waals surface area contributed by atoms with Gasteiger partial charge < -0.3 is 9.84 Å². The van der Waals surface area contributed by atoms with Gasteiger partial charge in [0.2, 0.25) is 0 Å². The van der Waals surface area contributed by atoms with Gasteiger partial charge in [-0.3, -0.25) is 0 Å². The molecule has 0 amide bonds. The summed E-state index contributed by atoms with van der Waals surface area (Å²) in [7, 11) is 0. The van der Waals surface area contributed by atoms with Crippen LogP contribution in [0, 0.1) is 0 Å². The Morgan fingerprint density at radius 1 is 1.04 bits per heavy atom. The number of carboxylic acid groups (broad SMARTS) is 1. The van der Waals surface area contributed by atoms with Crippen molar-refractivity contribution >= 4 is 17.6 Å². The van der Waals surface area contributed by atoms with Crippen molar-refractivity contribution in [1.82, 2.24) is 0 Å². The van der Waals surface area contributed by atoms with E-state index in [9.17, 15) is 26.7 Å². The number of hydrogen-bond donors (Lipinski definition) is 1. The number of ether oxygens (including phenoxy) is 1. The first-order valence-electron chi connectivity index (χ1n) is 6.28. The van der Waals surface area contributed by atoms with Crippen molar-refractivity contribution in [2.45, 2.75) is 12.1 Å². The van der Waals surface area contributed by atoms with E-state index in [0.29, 0.717) is 12.1 Å². The topological polar surface area (TPSA) is 46.5 Å². The summed E-state index contributed by atoms with van der Waals surface area (Å²) < 4.78 is 68.8. The van der Waals surface area contributed by atoms with Crippen LogP contribution in [0.3, 0.4) is 0 Å². The highest BCUT2D eigenvalue weighted by molar-refractivity contribution is 6.32. The fourth-order valence-corrected chi connectivity index (χ4v) is 1.98. The maximum atomic E-state index is 13.3. The smallest absolute Gasteiger partial charge is 0.458 e. The van der Waals surface area contributed by atoms with Crippen molar-refractivity contribution in [2.75, 3.05) is 0 Å². The van der Waals surface area contributed by atoms with Gasteiger partial charge in [-0.2, -0.15) is 22.0 Å². The van der Waals surface area contributed by atoms with E-state index in [0.717, 1.165) is 12.1 Å². The van der Waals surface area contributed by atoms with Crippen molar-refractivity contribution in [1.29, 1.82) is 0 Å². The zero-order chi connectivity index (χ0) is 18.1. The molecule has 2 aromatic rings. The van der Waals surface area contributed by atoms with E-state index < -0.39 is 28.7 Å². The summed E-state index contributed by atoms with van der Waals surface area (Å²) in [6.07, 6.45) is -5.76. The molecule has 9 heteroatoms. The highest BCUT2D eigenvalue weighted by Crippen LogP contribution is 2.45. The van der Waals surface area contributed by atoms with Gasteiger partial charge >= 0.3 is 18.1 Å². The lowest BCUT2D eigenvalue weighted by atomic mass is 10.1. The van der Waals surface area contributed by atoms with Gasteiger partial charge in [0.1, 0.15) is 11.5 Å². The van der Waals surface area contributed by atoms with Gasteiger partial charge in [0.15, 0.2) is 0 Å². The Balaban J connectivity index is 2.31. The van der Waals surface area contributed by atoms with Crippen LogP contribution in [0.4, 0.5) is 22.0 Å². The van der Waals surface area contributed by atoms with Crippen LogP contribution in [0.1, 0.15) is 15.9 Å². The first-order chi connectivity index (χ1) is 11.0. The number of aromatic carboxylic acids is 1. The second-order valence-electron chi connectivity index (χ2n) is 4.65. The Morgan fingerprint density at radius 2 is 1.71 bits per heavy atom. The van der Waals surface area contributed by atoms with E-state index in [-0.39, 0.29) is 17.1 Å². The molecular formula is C15H8ClF5O3. The third kappa shape index (κ3) is 3.59. The minimum atomic E-state index is -5.76. The predicted octanol–water partition coefficient (Wildman–Crippen LogP) is 5.48. The lowest BCUT2D eigenvalue weighted by Gasteiger charge is -2.20. The van der Waals surface area contributed by atoms with Crippen LogP contribution >= 0.6 is 11.6 Å². The number of hydrogen-bond acceptors (Lipinski definition) is 2. The summed E-state index contributed by atoms with van der Waals surface area (Å²) in [5.74, 6) is -6.43. The Morgan fingerprint density at radius 3 is 2.25 bits per heavy atom. The van der Waals surface area contributed by atoms with E-state index in [4.69, 9.17) is 21.4 Å². The predicted molar refractivity (Wildman–Crippen MR) is 74.9 cm³/mol. The lowest BCUT2D eigenvalue weighted by molar-refractivity contribution is -0.289. The van der Waals surface area contributed by atoms with Crippen LogP contribution in [0.25, 0.3) is 0 Å². The van der Waals surface area contributed by atoms with Gasteiger partial charge in [-0.05, 0) is 36.4 Å². The van der Waals surface area contributed by atoms with Gasteiger partial charge in [-0.25, -0.2) is 4.79 Å². The molecule has 128 valence electrons. The van der Waals surface area contributed by atoms with Gasteiger partial charge in [0, 0.05) is 5.56 Å². The largest absolute Gasteiger partial charge is 0.478 e. The fourth-order valence-electron chi connectivity index (χ4n) is 1.76. The van der Waals surface area contributed by atoms with Gasteiger partial charge in [0.05, 0.1) is 10.6 Å². The third-order valence-corrected chi connectivity index (χ3v) is 3.25. The van der Waals surface area contributed by atoms with Crippen LogP contribution in [0.2, 0.25) is 5.02 Å². The Kier molecular flexibility index (Phi) is 4.70. The molecule has 0 atom stereocenters. The molecule has 3 nitrogen and oxygen atoms in total. The third-order valence-electron chi connectivity index (χ3n) is 2.96. The first-order valence-corrected chi connectivity index (χ1v) is 6.66. The minimum absolute atomic E-state index is 0.0344. The molecule has 1 N–H and O–H groups in total. The van der Waals surface area contributed by atoms with Gasteiger partial charge in [-0.15, -0.1) is 0 Å². The van der Waals surface area contributed by atoms with Crippen molar-refractivity contribution in [2.24, 2.45) is 0 Å². The molecule has 0 heterocycles. The first kappa shape index (κ1) is 18.0. The SMILES string of the molecule is O=C(O)c1cccc(Oc2ccc(C(F)(F)C(F)(F)F)cc2Cl)c1. The standard InChI is InChI=1S/C15H8ClF5O3/c16-11-7-9(14(17,18)15(19,20)21)4-5-12(11)24-10-3-1-2-8(6-10)13(22)23/h1-7H,(H,22,23). The molecule has 0 spiro atoms. The maximum Gasteiger partial charge on any atom is 0.458 e. The number of rotatable bonds is 4. The summed E-state index contributed by atoms with van der Waals surface area (Å²) >= 11 is 5.70. The number of alkyl halides is 5. The Labute approximate surface area is 137 Å². The summed E-state index contributed by atoms with van der Waals surface area (Å²) in [6.45, 7) is 0. The van der Waals surface area contributed by atoms with Gasteiger partial charge in [-0.1, -0.05) is 17.7 Å². The van der Waals surface area contributed by atoms with Crippen LogP contribution in [-0.4, -0.2) is 17.3 Å². The number of benzene rings is 2. The molecular weight excluding hydrogens is 359 g/mol. The Bertz CT molecular complexity index is 774. The molecule has 2 aromatic carbocycles. The number of carbonyl (C=O) groups is 1. The highest BCUT2D eigenvalue weighted by atomic mass is 35.5. The zero-order valence-corrected chi connectivity index (χ0v) is 12.3. The second kappa shape index (κ2) is 6.27. The minimum Gasteiger partial charge on any atom is -0.478 e. The summed E-state index contributed by atoms with van der Waals surface area (Å²) in [5.41, 5.74) is -1.42. The van der Waals surface area contributed by atoms with Crippen molar-refractivity contribution in [3.05, 3.63) is 58.6 Å². The Hall–Kier alpha value is -2.35. The molecule has 0 bridgehead atoms. The molecule has 0 fully saturated rings. The molecule has 0 radical (unpaired) electrons. The second-order valence-corrected chi connectivity index (χ2v) is 5.06. The average molecular weight is 367 g/mol. The van der Waals surface area contributed by atoms with Crippen molar-refractivity contribution < 1.29 is 36.6 Å². The quantitative estimate of drug-likeness (QED) is 0.728. The van der Waals surface area contributed by atoms with Crippen LogP contribution in [0.15, 0.2) is 42.5 Å². The molecule has 0 aliphatic carbocycles. The lowest BCUT2D eigenvalue weighted by Crippen LogP contribution is -2.33. The van der Waals surface area contributed by atoms with Crippen molar-refractivity contribution in [3.8, 4) is 11.5 Å². The molecule has 24 heavy (non-hydrogen) atoms. The summed E-state index contributed by atoms with van der Waals surface area (Å²) in [5, 5.41) is 8.39. The maximum absolute atomic E-state index is 13.3. The van der Waals surface area contributed by atoms with Crippen LogP contribution < -0.4 is 4.74 Å². The van der Waals surface area contributed by atoms with Crippen molar-refractivity contribution in [3.63, 3.8) is 0 Å². The highest BCUT2D eigenvalue weighted by Gasteiger charge is 2.58. The van der Waals surface area contributed by atoms with Crippen LogP contribution in [0.5, 0.6) is 11.5 Å². The van der Waals surface area contributed by atoms with E-state index in [2.05, 4.69) is 0 Å². The molecule has 0 saturated heterocycles. The molecule has 0 unspecified atom stereocenters. The summed E-state index contributed by atoms with van der Waals surface area (Å²) in [6, 6.07) is 7.03. The zero-order valence-electron chi connectivity index (χ0n) is 11.6. The van der Waals surface area contributed by atoms with E-state index in [1.54, 1.807) is 0 Å². The van der Waals surface area contributed by atoms with E-state index in [1.165, 1.54) is 18.2 Å². The van der Waals surface area contributed by atoms with E-state index in [1.807, 2.05) is 0 Å². The van der Waals surface area contributed by atoms with Gasteiger partial charge in [0.25, 0.3) is 0 Å². The number of halogens is 6. The monoisotopic (exact) mass is 366 g/mol. The summed E-state index contributed by atoms with van der Waals surface area (Å²) in [4.78, 5) is 10.9. The normalized spacial score (nSPS) is 12.1. The molecule has 0 saturated carbocycles. The number of carboxylic acids is 1. The van der Waals surface area contributed by atoms with E-state index >= 15 is 0 Å². The molecule has 0 aliphatic heterocycles. The average Bonchev–Trinajstić information content (AvgIpc) is 2.48. The fraction of sp³-hybridized carbons (Fsp3) is 0.133.